The molecule has 0 bridgehead atoms. The molecule has 2 aliphatic rings. The van der Waals surface area contributed by atoms with Crippen molar-refractivity contribution in [3.63, 3.8) is 0 Å². The van der Waals surface area contributed by atoms with E-state index >= 15 is 0 Å². The van der Waals surface area contributed by atoms with Crippen molar-refractivity contribution in [1.29, 1.82) is 0 Å². The van der Waals surface area contributed by atoms with E-state index in [-0.39, 0.29) is 11.7 Å². The van der Waals surface area contributed by atoms with Crippen LogP contribution >= 0.6 is 0 Å². The summed E-state index contributed by atoms with van der Waals surface area (Å²) < 4.78 is 19.2. The molecule has 0 N–H and O–H groups in total. The summed E-state index contributed by atoms with van der Waals surface area (Å²) >= 11 is 0. The maximum atomic E-state index is 6.67. The van der Waals surface area contributed by atoms with Crippen molar-refractivity contribution in [2.45, 2.75) is 64.8 Å². The van der Waals surface area contributed by atoms with Gasteiger partial charge in [-0.2, -0.15) is 0 Å². The van der Waals surface area contributed by atoms with Crippen LogP contribution in [0.2, 0.25) is 0 Å². The SMILES string of the molecule is CCCc1ccc(C2CCc3ccc4c(c3O2)C=CC(C)(C)O4)c(OCc2ccccc2)c1. The standard InChI is InChI=1S/C30H32O3/c1-4-8-21-11-14-24(28(19-21)31-20-22-9-6-5-7-10-22)26-15-12-23-13-16-27-25(29(23)32-26)17-18-30(2,3)33-27/h5-7,9-11,13-14,16-19,26H,4,8,12,15,20H2,1-3H3. The predicted molar refractivity (Wildman–Crippen MR) is 133 cm³/mol. The van der Waals surface area contributed by atoms with Crippen molar-refractivity contribution in [2.75, 3.05) is 0 Å². The first-order valence-electron chi connectivity index (χ1n) is 12.0. The number of ether oxygens (including phenoxy) is 3. The maximum Gasteiger partial charge on any atom is 0.134 e. The normalized spacial score (nSPS) is 18.0. The smallest absolute Gasteiger partial charge is 0.134 e. The quantitative estimate of drug-likeness (QED) is 0.398. The summed E-state index contributed by atoms with van der Waals surface area (Å²) in [6, 6.07) is 21.2. The number of hydrogen-bond acceptors (Lipinski definition) is 3. The van der Waals surface area contributed by atoms with Crippen molar-refractivity contribution in [1.82, 2.24) is 0 Å². The molecule has 1 atom stereocenters. The second-order valence-corrected chi connectivity index (χ2v) is 9.55. The van der Waals surface area contributed by atoms with Gasteiger partial charge in [-0.25, -0.2) is 0 Å². The highest BCUT2D eigenvalue weighted by Crippen LogP contribution is 2.45. The van der Waals surface area contributed by atoms with E-state index in [0.29, 0.717) is 6.61 Å². The van der Waals surface area contributed by atoms with Gasteiger partial charge < -0.3 is 14.2 Å². The molecule has 5 rings (SSSR count). The Balaban J connectivity index is 1.45. The molecule has 2 heterocycles. The van der Waals surface area contributed by atoms with E-state index in [4.69, 9.17) is 14.2 Å². The van der Waals surface area contributed by atoms with Crippen molar-refractivity contribution >= 4 is 6.08 Å². The Kier molecular flexibility index (Phi) is 5.88. The second-order valence-electron chi connectivity index (χ2n) is 9.55. The van der Waals surface area contributed by atoms with E-state index in [1.165, 1.54) is 16.7 Å². The number of hydrogen-bond donors (Lipinski definition) is 0. The van der Waals surface area contributed by atoms with Crippen molar-refractivity contribution in [3.05, 3.63) is 94.6 Å². The fourth-order valence-corrected chi connectivity index (χ4v) is 4.67. The summed E-state index contributed by atoms with van der Waals surface area (Å²) in [5.74, 6) is 2.76. The minimum absolute atomic E-state index is 0.0474. The first kappa shape index (κ1) is 21.6. The third-order valence-corrected chi connectivity index (χ3v) is 6.40. The molecule has 0 spiro atoms. The third kappa shape index (κ3) is 4.64. The van der Waals surface area contributed by atoms with Crippen LogP contribution in [0.4, 0.5) is 0 Å². The lowest BCUT2D eigenvalue weighted by atomic mass is 9.92. The molecular formula is C30H32O3. The molecule has 170 valence electrons. The minimum atomic E-state index is -0.303. The lowest BCUT2D eigenvalue weighted by Crippen LogP contribution is -2.28. The van der Waals surface area contributed by atoms with Gasteiger partial charge in [0.1, 0.15) is 35.6 Å². The van der Waals surface area contributed by atoms with Gasteiger partial charge in [-0.15, -0.1) is 0 Å². The van der Waals surface area contributed by atoms with Gasteiger partial charge in [0.25, 0.3) is 0 Å². The third-order valence-electron chi connectivity index (χ3n) is 6.40. The Morgan fingerprint density at radius 2 is 1.85 bits per heavy atom. The van der Waals surface area contributed by atoms with Gasteiger partial charge in [0.05, 0.1) is 5.56 Å². The summed E-state index contributed by atoms with van der Waals surface area (Å²) in [4.78, 5) is 0. The van der Waals surface area contributed by atoms with Crippen LogP contribution in [0.25, 0.3) is 6.08 Å². The number of aryl methyl sites for hydroxylation is 2. The molecular weight excluding hydrogens is 408 g/mol. The molecule has 0 amide bonds. The Morgan fingerprint density at radius 3 is 2.67 bits per heavy atom. The number of benzene rings is 3. The van der Waals surface area contributed by atoms with E-state index in [0.717, 1.165) is 54.1 Å². The summed E-state index contributed by atoms with van der Waals surface area (Å²) in [6.45, 7) is 6.90. The van der Waals surface area contributed by atoms with Gasteiger partial charge in [-0.1, -0.05) is 61.9 Å². The molecule has 33 heavy (non-hydrogen) atoms. The molecule has 0 aliphatic carbocycles. The minimum Gasteiger partial charge on any atom is -0.488 e. The molecule has 0 saturated heterocycles. The van der Waals surface area contributed by atoms with Gasteiger partial charge in [0.15, 0.2) is 0 Å². The zero-order chi connectivity index (χ0) is 22.8. The fourth-order valence-electron chi connectivity index (χ4n) is 4.67. The van der Waals surface area contributed by atoms with Gasteiger partial charge >= 0.3 is 0 Å². The van der Waals surface area contributed by atoms with E-state index in [2.05, 4.69) is 75.4 Å². The highest BCUT2D eigenvalue weighted by molar-refractivity contribution is 5.69. The monoisotopic (exact) mass is 440 g/mol. The molecule has 0 radical (unpaired) electrons. The first-order valence-corrected chi connectivity index (χ1v) is 12.0. The largest absolute Gasteiger partial charge is 0.488 e. The highest BCUT2D eigenvalue weighted by atomic mass is 16.5. The van der Waals surface area contributed by atoms with Crippen molar-refractivity contribution < 1.29 is 14.2 Å². The topological polar surface area (TPSA) is 27.7 Å². The van der Waals surface area contributed by atoms with E-state index in [1.54, 1.807) is 0 Å². The molecule has 0 fully saturated rings. The molecule has 2 aliphatic heterocycles. The summed E-state index contributed by atoms with van der Waals surface area (Å²) in [5, 5.41) is 0. The molecule has 1 unspecified atom stereocenters. The average molecular weight is 441 g/mol. The Labute approximate surface area is 197 Å². The summed E-state index contributed by atoms with van der Waals surface area (Å²) in [6.07, 6.45) is 8.26. The second kappa shape index (κ2) is 8.97. The lowest BCUT2D eigenvalue weighted by molar-refractivity contribution is 0.149. The van der Waals surface area contributed by atoms with Crippen LogP contribution < -0.4 is 14.2 Å². The Hall–Kier alpha value is -3.20. The van der Waals surface area contributed by atoms with Crippen LogP contribution in [-0.4, -0.2) is 5.60 Å². The molecule has 0 saturated carbocycles. The number of rotatable bonds is 6. The van der Waals surface area contributed by atoms with Gasteiger partial charge in [0.2, 0.25) is 0 Å². The predicted octanol–water partition coefficient (Wildman–Crippen LogP) is 7.47. The molecule has 3 heteroatoms. The summed E-state index contributed by atoms with van der Waals surface area (Å²) in [5.41, 5.74) is 5.58. The maximum absolute atomic E-state index is 6.67. The van der Waals surface area contributed by atoms with Crippen LogP contribution in [0.15, 0.2) is 66.7 Å². The van der Waals surface area contributed by atoms with Crippen LogP contribution in [0.3, 0.4) is 0 Å². The van der Waals surface area contributed by atoms with Gasteiger partial charge in [0, 0.05) is 5.56 Å². The van der Waals surface area contributed by atoms with E-state index in [9.17, 15) is 0 Å². The Bertz CT molecular complexity index is 1160. The zero-order valence-corrected chi connectivity index (χ0v) is 19.8. The summed E-state index contributed by atoms with van der Waals surface area (Å²) in [7, 11) is 0. The van der Waals surface area contributed by atoms with Crippen LogP contribution in [-0.2, 0) is 19.4 Å². The number of fused-ring (bicyclic) bond motifs is 3. The van der Waals surface area contributed by atoms with Gasteiger partial charge in [-0.05, 0) is 74.1 Å². The van der Waals surface area contributed by atoms with Crippen LogP contribution in [0.5, 0.6) is 17.2 Å². The van der Waals surface area contributed by atoms with Crippen molar-refractivity contribution in [2.24, 2.45) is 0 Å². The lowest BCUT2D eigenvalue weighted by Gasteiger charge is -2.33. The van der Waals surface area contributed by atoms with Crippen LogP contribution in [0, 0.1) is 0 Å². The first-order chi connectivity index (χ1) is 16.0. The molecule has 0 aromatic heterocycles. The Morgan fingerprint density at radius 1 is 1.00 bits per heavy atom. The highest BCUT2D eigenvalue weighted by Gasteiger charge is 2.30. The van der Waals surface area contributed by atoms with E-state index < -0.39 is 0 Å². The van der Waals surface area contributed by atoms with Crippen LogP contribution in [0.1, 0.15) is 67.5 Å². The van der Waals surface area contributed by atoms with Crippen molar-refractivity contribution in [3.8, 4) is 17.2 Å². The molecule has 3 aromatic carbocycles. The molecule has 3 nitrogen and oxygen atoms in total. The van der Waals surface area contributed by atoms with Gasteiger partial charge in [-0.3, -0.25) is 0 Å². The van der Waals surface area contributed by atoms with E-state index in [1.807, 2.05) is 18.2 Å². The average Bonchev–Trinajstić information content (AvgIpc) is 2.82. The molecule has 3 aromatic rings. The zero-order valence-electron chi connectivity index (χ0n) is 19.8. The fraction of sp³-hybridized carbons (Fsp3) is 0.333.